The second-order valence-corrected chi connectivity index (χ2v) is 3.99. The molecule has 1 unspecified atom stereocenters. The molecule has 0 radical (unpaired) electrons. The van der Waals surface area contributed by atoms with Gasteiger partial charge in [-0.25, -0.2) is 0 Å². The van der Waals surface area contributed by atoms with Crippen LogP contribution in [0.15, 0.2) is 18.2 Å². The summed E-state index contributed by atoms with van der Waals surface area (Å²) in [6.45, 7) is 2.46. The van der Waals surface area contributed by atoms with Gasteiger partial charge in [0.05, 0.1) is 22.8 Å². The average molecular weight is 249 g/mol. The van der Waals surface area contributed by atoms with Gasteiger partial charge in [-0.1, -0.05) is 0 Å². The minimum absolute atomic E-state index is 0.0727. The van der Waals surface area contributed by atoms with E-state index in [9.17, 15) is 10.1 Å². The van der Waals surface area contributed by atoms with Gasteiger partial charge in [0, 0.05) is 32.3 Å². The van der Waals surface area contributed by atoms with Crippen LogP contribution in [0.5, 0.6) is 0 Å². The molecule has 0 amide bonds. The molecule has 0 heterocycles. The van der Waals surface area contributed by atoms with Gasteiger partial charge in [0.2, 0.25) is 0 Å². The molecule has 0 fully saturated rings. The van der Waals surface area contributed by atoms with Gasteiger partial charge in [0.15, 0.2) is 0 Å². The van der Waals surface area contributed by atoms with E-state index in [4.69, 9.17) is 10.00 Å². The van der Waals surface area contributed by atoms with Crippen LogP contribution in [0.1, 0.15) is 12.5 Å². The van der Waals surface area contributed by atoms with Gasteiger partial charge in [0.25, 0.3) is 5.69 Å². The van der Waals surface area contributed by atoms with Gasteiger partial charge in [-0.05, 0) is 13.0 Å². The molecule has 0 spiro atoms. The zero-order valence-corrected chi connectivity index (χ0v) is 10.6. The van der Waals surface area contributed by atoms with Crippen molar-refractivity contribution in [2.24, 2.45) is 0 Å². The summed E-state index contributed by atoms with van der Waals surface area (Å²) in [5.41, 5.74) is 0.866. The van der Waals surface area contributed by atoms with Crippen molar-refractivity contribution in [2.75, 3.05) is 25.7 Å². The number of ether oxygens (including phenoxy) is 1. The molecule has 18 heavy (non-hydrogen) atoms. The van der Waals surface area contributed by atoms with E-state index >= 15 is 0 Å². The summed E-state index contributed by atoms with van der Waals surface area (Å²) in [5.74, 6) is 0. The van der Waals surface area contributed by atoms with Crippen LogP contribution in [-0.4, -0.2) is 31.7 Å². The monoisotopic (exact) mass is 249 g/mol. The molecule has 6 nitrogen and oxygen atoms in total. The van der Waals surface area contributed by atoms with Crippen LogP contribution in [0.2, 0.25) is 0 Å². The fraction of sp³-hybridized carbons (Fsp3) is 0.417. The third-order valence-corrected chi connectivity index (χ3v) is 2.76. The van der Waals surface area contributed by atoms with E-state index in [0.29, 0.717) is 12.3 Å². The molecule has 6 heteroatoms. The van der Waals surface area contributed by atoms with E-state index in [1.807, 2.05) is 24.9 Å². The first-order valence-corrected chi connectivity index (χ1v) is 5.41. The predicted molar refractivity (Wildman–Crippen MR) is 67.6 cm³/mol. The second kappa shape index (κ2) is 5.98. The quantitative estimate of drug-likeness (QED) is 0.588. The highest BCUT2D eigenvalue weighted by Gasteiger charge is 2.16. The van der Waals surface area contributed by atoms with Crippen molar-refractivity contribution in [3.05, 3.63) is 33.9 Å². The molecule has 0 aliphatic carbocycles. The fourth-order valence-corrected chi connectivity index (χ4v) is 1.63. The van der Waals surface area contributed by atoms with E-state index in [1.54, 1.807) is 13.2 Å². The number of rotatable bonds is 5. The van der Waals surface area contributed by atoms with Crippen molar-refractivity contribution in [1.82, 2.24) is 0 Å². The van der Waals surface area contributed by atoms with E-state index < -0.39 is 4.92 Å². The number of likely N-dealkylation sites (N-methyl/N-ethyl adjacent to an activating group) is 1. The number of nitriles is 1. The molecule has 0 bridgehead atoms. The minimum atomic E-state index is -0.511. The molecule has 1 atom stereocenters. The lowest BCUT2D eigenvalue weighted by molar-refractivity contribution is -0.384. The molecule has 0 aliphatic rings. The smallest absolute Gasteiger partial charge is 0.270 e. The zero-order chi connectivity index (χ0) is 13.7. The van der Waals surface area contributed by atoms with Crippen molar-refractivity contribution < 1.29 is 9.66 Å². The molecular weight excluding hydrogens is 234 g/mol. The number of nitro benzene ring substituents is 1. The highest BCUT2D eigenvalue weighted by atomic mass is 16.6. The third kappa shape index (κ3) is 2.96. The lowest BCUT2D eigenvalue weighted by atomic mass is 10.1. The van der Waals surface area contributed by atoms with Crippen LogP contribution in [0.4, 0.5) is 11.4 Å². The molecule has 1 aromatic carbocycles. The van der Waals surface area contributed by atoms with Gasteiger partial charge in [-0.3, -0.25) is 10.1 Å². The number of nitrogens with zero attached hydrogens (tertiary/aromatic N) is 3. The topological polar surface area (TPSA) is 79.4 Å². The fourth-order valence-electron chi connectivity index (χ4n) is 1.63. The molecule has 96 valence electrons. The van der Waals surface area contributed by atoms with Gasteiger partial charge in [-0.2, -0.15) is 5.26 Å². The molecule has 0 N–H and O–H groups in total. The number of non-ortho nitro benzene ring substituents is 1. The van der Waals surface area contributed by atoms with Crippen molar-refractivity contribution in [3.63, 3.8) is 0 Å². The molecule has 0 saturated carbocycles. The predicted octanol–water partition coefficient (Wildman–Crippen LogP) is 1.94. The molecule has 0 saturated heterocycles. The van der Waals surface area contributed by atoms with Crippen molar-refractivity contribution in [3.8, 4) is 6.07 Å². The van der Waals surface area contributed by atoms with E-state index in [-0.39, 0.29) is 17.3 Å². The maximum absolute atomic E-state index is 10.6. The Hall–Kier alpha value is -2.13. The number of nitro groups is 1. The Labute approximate surface area is 106 Å². The summed E-state index contributed by atoms with van der Waals surface area (Å²) in [5, 5.41) is 19.7. The van der Waals surface area contributed by atoms with E-state index in [0.717, 1.165) is 0 Å². The number of benzene rings is 1. The van der Waals surface area contributed by atoms with Crippen molar-refractivity contribution >= 4 is 11.4 Å². The Morgan fingerprint density at radius 3 is 2.78 bits per heavy atom. The Morgan fingerprint density at radius 1 is 1.61 bits per heavy atom. The zero-order valence-electron chi connectivity index (χ0n) is 10.6. The SMILES string of the molecule is COCC(C)N(C)c1ccc([N+](=O)[O-])cc1C#N. The van der Waals surface area contributed by atoms with Crippen LogP contribution < -0.4 is 4.90 Å². The van der Waals surface area contributed by atoms with Crippen LogP contribution >= 0.6 is 0 Å². The normalized spacial score (nSPS) is 11.7. The number of methoxy groups -OCH3 is 1. The van der Waals surface area contributed by atoms with Gasteiger partial charge < -0.3 is 9.64 Å². The Morgan fingerprint density at radius 2 is 2.28 bits per heavy atom. The summed E-state index contributed by atoms with van der Waals surface area (Å²) in [6.07, 6.45) is 0. The maximum Gasteiger partial charge on any atom is 0.270 e. The lowest BCUT2D eigenvalue weighted by Crippen LogP contribution is -2.33. The Kier molecular flexibility index (Phi) is 4.63. The average Bonchev–Trinajstić information content (AvgIpc) is 2.37. The summed E-state index contributed by atoms with van der Waals surface area (Å²) < 4.78 is 5.05. The number of anilines is 1. The van der Waals surface area contributed by atoms with E-state index in [1.165, 1.54) is 12.1 Å². The second-order valence-electron chi connectivity index (χ2n) is 3.99. The summed E-state index contributed by atoms with van der Waals surface area (Å²) in [4.78, 5) is 12.0. The first-order chi connectivity index (χ1) is 8.51. The number of hydrogen-bond acceptors (Lipinski definition) is 5. The van der Waals surface area contributed by atoms with Crippen molar-refractivity contribution in [1.29, 1.82) is 5.26 Å². The first-order valence-electron chi connectivity index (χ1n) is 5.41. The Balaban J connectivity index is 3.10. The van der Waals surface area contributed by atoms with Gasteiger partial charge in [-0.15, -0.1) is 0 Å². The van der Waals surface area contributed by atoms with Gasteiger partial charge in [0.1, 0.15) is 6.07 Å². The summed E-state index contributed by atoms with van der Waals surface area (Å²) in [7, 11) is 3.43. The standard InChI is InChI=1S/C12H15N3O3/c1-9(8-18-3)14(2)12-5-4-11(15(16)17)6-10(12)7-13/h4-6,9H,8H2,1-3H3. The van der Waals surface area contributed by atoms with Crippen LogP contribution in [-0.2, 0) is 4.74 Å². The first kappa shape index (κ1) is 13.9. The molecule has 0 aliphatic heterocycles. The maximum atomic E-state index is 10.6. The highest BCUT2D eigenvalue weighted by Crippen LogP contribution is 2.25. The lowest BCUT2D eigenvalue weighted by Gasteiger charge is -2.27. The Bertz CT molecular complexity index is 482. The molecule has 1 aromatic rings. The molecular formula is C12H15N3O3. The van der Waals surface area contributed by atoms with E-state index in [2.05, 4.69) is 0 Å². The van der Waals surface area contributed by atoms with Crippen LogP contribution in [0, 0.1) is 21.4 Å². The van der Waals surface area contributed by atoms with Gasteiger partial charge >= 0.3 is 0 Å². The summed E-state index contributed by atoms with van der Waals surface area (Å²) >= 11 is 0. The minimum Gasteiger partial charge on any atom is -0.383 e. The summed E-state index contributed by atoms with van der Waals surface area (Å²) in [6, 6.07) is 6.32. The largest absolute Gasteiger partial charge is 0.383 e. The molecule has 0 aromatic heterocycles. The van der Waals surface area contributed by atoms with Crippen LogP contribution in [0.25, 0.3) is 0 Å². The van der Waals surface area contributed by atoms with Crippen LogP contribution in [0.3, 0.4) is 0 Å². The van der Waals surface area contributed by atoms with Crippen molar-refractivity contribution in [2.45, 2.75) is 13.0 Å². The third-order valence-electron chi connectivity index (χ3n) is 2.76. The molecule has 1 rings (SSSR count). The number of hydrogen-bond donors (Lipinski definition) is 0. The highest BCUT2D eigenvalue weighted by molar-refractivity contribution is 5.63.